The summed E-state index contributed by atoms with van der Waals surface area (Å²) in [4.78, 5) is 21.9. The van der Waals surface area contributed by atoms with Crippen LogP contribution in [0.25, 0.3) is 0 Å². The molecule has 1 fully saturated rings. The van der Waals surface area contributed by atoms with Crippen molar-refractivity contribution in [2.45, 2.75) is 19.8 Å². The normalized spacial score (nSPS) is 24.2. The Morgan fingerprint density at radius 3 is 2.59 bits per heavy atom. The molecule has 0 spiro atoms. The number of rotatable bonds is 5. The molecule has 0 aromatic rings. The van der Waals surface area contributed by atoms with Gasteiger partial charge in [0.15, 0.2) is 9.84 Å². The number of carboxylic acid groups (broad SMARTS) is 1. The molecule has 98 valence electrons. The van der Waals surface area contributed by atoms with Crippen LogP contribution in [0.5, 0.6) is 0 Å². The second-order valence-corrected chi connectivity index (χ2v) is 6.75. The average molecular weight is 263 g/mol. The molecule has 6 nitrogen and oxygen atoms in total. The number of hydrogen-bond donors (Lipinski definition) is 2. The SMILES string of the molecule is CC(CNC(=O)CC1CCS(=O)(=O)C1)C(=O)O. The van der Waals surface area contributed by atoms with E-state index < -0.39 is 21.7 Å². The smallest absolute Gasteiger partial charge is 0.308 e. The van der Waals surface area contributed by atoms with Gasteiger partial charge in [-0.3, -0.25) is 9.59 Å². The van der Waals surface area contributed by atoms with Crippen molar-refractivity contribution in [1.82, 2.24) is 5.32 Å². The molecule has 0 saturated carbocycles. The van der Waals surface area contributed by atoms with E-state index in [0.29, 0.717) is 6.42 Å². The third kappa shape index (κ3) is 4.72. The summed E-state index contributed by atoms with van der Waals surface area (Å²) in [6.07, 6.45) is 0.676. The van der Waals surface area contributed by atoms with Crippen molar-refractivity contribution < 1.29 is 23.1 Å². The fourth-order valence-corrected chi connectivity index (χ4v) is 3.58. The van der Waals surface area contributed by atoms with E-state index in [9.17, 15) is 18.0 Å². The first kappa shape index (κ1) is 14.0. The van der Waals surface area contributed by atoms with Gasteiger partial charge < -0.3 is 10.4 Å². The first-order valence-corrected chi connectivity index (χ1v) is 7.32. The van der Waals surface area contributed by atoms with Crippen molar-refractivity contribution in [3.63, 3.8) is 0 Å². The molecule has 0 aromatic carbocycles. The predicted octanol–water partition coefficient (Wildman–Crippen LogP) is -0.352. The first-order valence-electron chi connectivity index (χ1n) is 5.50. The highest BCUT2D eigenvalue weighted by Crippen LogP contribution is 2.21. The number of carbonyl (C=O) groups is 2. The lowest BCUT2D eigenvalue weighted by Gasteiger charge is -2.10. The van der Waals surface area contributed by atoms with Gasteiger partial charge in [-0.1, -0.05) is 6.92 Å². The Bertz CT molecular complexity index is 403. The van der Waals surface area contributed by atoms with Crippen LogP contribution in [0, 0.1) is 11.8 Å². The molecule has 1 heterocycles. The van der Waals surface area contributed by atoms with Crippen LogP contribution in [0.2, 0.25) is 0 Å². The summed E-state index contributed by atoms with van der Waals surface area (Å²) >= 11 is 0. The van der Waals surface area contributed by atoms with E-state index in [1.165, 1.54) is 6.92 Å². The zero-order valence-corrected chi connectivity index (χ0v) is 10.5. The van der Waals surface area contributed by atoms with Gasteiger partial charge in [0, 0.05) is 13.0 Å². The molecule has 2 atom stereocenters. The molecule has 2 N–H and O–H groups in total. The molecule has 1 aliphatic heterocycles. The number of sulfone groups is 1. The van der Waals surface area contributed by atoms with Crippen LogP contribution in [0.1, 0.15) is 19.8 Å². The molecule has 0 aliphatic carbocycles. The fourth-order valence-electron chi connectivity index (χ4n) is 1.72. The van der Waals surface area contributed by atoms with E-state index in [-0.39, 0.29) is 36.3 Å². The number of carbonyl (C=O) groups excluding carboxylic acids is 1. The van der Waals surface area contributed by atoms with Crippen molar-refractivity contribution in [3.8, 4) is 0 Å². The Morgan fingerprint density at radius 2 is 2.12 bits per heavy atom. The van der Waals surface area contributed by atoms with Gasteiger partial charge in [-0.15, -0.1) is 0 Å². The quantitative estimate of drug-likeness (QED) is 0.706. The second kappa shape index (κ2) is 5.48. The van der Waals surface area contributed by atoms with Crippen molar-refractivity contribution in [1.29, 1.82) is 0 Å². The van der Waals surface area contributed by atoms with Crippen molar-refractivity contribution in [2.24, 2.45) is 11.8 Å². The van der Waals surface area contributed by atoms with Crippen LogP contribution in [0.15, 0.2) is 0 Å². The number of carboxylic acids is 1. The zero-order valence-electron chi connectivity index (χ0n) is 9.68. The molecule has 1 amide bonds. The van der Waals surface area contributed by atoms with Gasteiger partial charge >= 0.3 is 5.97 Å². The minimum absolute atomic E-state index is 0.0644. The summed E-state index contributed by atoms with van der Waals surface area (Å²) in [6, 6.07) is 0. The maximum atomic E-state index is 11.4. The average Bonchev–Trinajstić information content (AvgIpc) is 2.54. The minimum atomic E-state index is -2.96. The minimum Gasteiger partial charge on any atom is -0.481 e. The van der Waals surface area contributed by atoms with Crippen molar-refractivity contribution >= 4 is 21.7 Å². The van der Waals surface area contributed by atoms with Gasteiger partial charge in [0.2, 0.25) is 5.91 Å². The van der Waals surface area contributed by atoms with E-state index in [1.807, 2.05) is 0 Å². The monoisotopic (exact) mass is 263 g/mol. The topological polar surface area (TPSA) is 101 Å². The molecular weight excluding hydrogens is 246 g/mol. The Balaban J connectivity index is 2.29. The molecule has 0 bridgehead atoms. The summed E-state index contributed by atoms with van der Waals surface area (Å²) in [5.41, 5.74) is 0. The highest BCUT2D eigenvalue weighted by Gasteiger charge is 2.29. The Morgan fingerprint density at radius 1 is 1.47 bits per heavy atom. The second-order valence-electron chi connectivity index (χ2n) is 4.52. The number of nitrogens with one attached hydrogen (secondary N) is 1. The molecule has 0 radical (unpaired) electrons. The Kier molecular flexibility index (Phi) is 4.50. The third-order valence-corrected chi connectivity index (χ3v) is 4.66. The summed E-state index contributed by atoms with van der Waals surface area (Å²) in [5.74, 6) is -1.79. The van der Waals surface area contributed by atoms with Crippen molar-refractivity contribution in [3.05, 3.63) is 0 Å². The van der Waals surface area contributed by atoms with E-state index in [2.05, 4.69) is 5.32 Å². The van der Waals surface area contributed by atoms with Gasteiger partial charge in [-0.05, 0) is 12.3 Å². The maximum Gasteiger partial charge on any atom is 0.308 e. The van der Waals surface area contributed by atoms with Crippen LogP contribution in [0.3, 0.4) is 0 Å². The highest BCUT2D eigenvalue weighted by atomic mass is 32.2. The van der Waals surface area contributed by atoms with Gasteiger partial charge in [0.05, 0.1) is 17.4 Å². The van der Waals surface area contributed by atoms with Gasteiger partial charge in [0.1, 0.15) is 0 Å². The van der Waals surface area contributed by atoms with E-state index in [1.54, 1.807) is 0 Å². The summed E-state index contributed by atoms with van der Waals surface area (Å²) in [6.45, 7) is 1.58. The van der Waals surface area contributed by atoms with E-state index >= 15 is 0 Å². The lowest BCUT2D eigenvalue weighted by molar-refractivity contribution is -0.141. The lowest BCUT2D eigenvalue weighted by atomic mass is 10.0. The molecule has 1 rings (SSSR count). The summed E-state index contributed by atoms with van der Waals surface area (Å²) < 4.78 is 22.3. The highest BCUT2D eigenvalue weighted by molar-refractivity contribution is 7.91. The maximum absolute atomic E-state index is 11.4. The van der Waals surface area contributed by atoms with Crippen LogP contribution in [-0.2, 0) is 19.4 Å². The van der Waals surface area contributed by atoms with Crippen LogP contribution >= 0.6 is 0 Å². The largest absolute Gasteiger partial charge is 0.481 e. The Labute approximate surface area is 100 Å². The molecule has 1 saturated heterocycles. The molecule has 1 aliphatic rings. The molecule has 17 heavy (non-hydrogen) atoms. The Hall–Kier alpha value is -1.11. The van der Waals surface area contributed by atoms with Crippen molar-refractivity contribution in [2.75, 3.05) is 18.1 Å². The third-order valence-electron chi connectivity index (χ3n) is 2.83. The first-order chi connectivity index (χ1) is 7.80. The van der Waals surface area contributed by atoms with Gasteiger partial charge in [0.25, 0.3) is 0 Å². The van der Waals surface area contributed by atoms with Crippen LogP contribution < -0.4 is 5.32 Å². The number of amides is 1. The van der Waals surface area contributed by atoms with Crippen LogP contribution in [-0.4, -0.2) is 43.5 Å². The number of hydrogen-bond acceptors (Lipinski definition) is 4. The molecule has 0 aromatic heterocycles. The molecule has 2 unspecified atom stereocenters. The fraction of sp³-hybridized carbons (Fsp3) is 0.800. The predicted molar refractivity (Wildman–Crippen MR) is 61.2 cm³/mol. The molecular formula is C10H17NO5S. The summed E-state index contributed by atoms with van der Waals surface area (Å²) in [7, 11) is -2.96. The van der Waals surface area contributed by atoms with Gasteiger partial charge in [-0.25, -0.2) is 8.42 Å². The zero-order chi connectivity index (χ0) is 13.1. The number of aliphatic carboxylic acids is 1. The van der Waals surface area contributed by atoms with E-state index in [0.717, 1.165) is 0 Å². The summed E-state index contributed by atoms with van der Waals surface area (Å²) in [5, 5.41) is 11.1. The van der Waals surface area contributed by atoms with E-state index in [4.69, 9.17) is 5.11 Å². The lowest BCUT2D eigenvalue weighted by Crippen LogP contribution is -2.32. The molecule has 7 heteroatoms. The van der Waals surface area contributed by atoms with Crippen LogP contribution in [0.4, 0.5) is 0 Å². The standard InChI is InChI=1S/C10H17NO5S/c1-7(10(13)14)5-11-9(12)4-8-2-3-17(15,16)6-8/h7-8H,2-6H2,1H3,(H,11,12)(H,13,14). The van der Waals surface area contributed by atoms with Gasteiger partial charge in [-0.2, -0.15) is 0 Å².